The fourth-order valence-electron chi connectivity index (χ4n) is 2.01. The van der Waals surface area contributed by atoms with Crippen LogP contribution in [0.3, 0.4) is 0 Å². The number of carbonyl (C=O) groups is 1. The smallest absolute Gasteiger partial charge is 0.305 e. The number of hydrogen-bond donors (Lipinski definition) is 1. The van der Waals surface area contributed by atoms with Gasteiger partial charge < -0.3 is 15.0 Å². The summed E-state index contributed by atoms with van der Waals surface area (Å²) in [5, 5.41) is 3.37. The molecule has 5 heteroatoms. The van der Waals surface area contributed by atoms with E-state index in [2.05, 4.69) is 33.6 Å². The molecule has 0 heterocycles. The van der Waals surface area contributed by atoms with Crippen LogP contribution in [0.15, 0.2) is 17.6 Å². The van der Waals surface area contributed by atoms with E-state index in [9.17, 15) is 4.79 Å². The minimum atomic E-state index is -0.116. The predicted molar refractivity (Wildman–Crippen MR) is 88.5 cm³/mol. The number of ether oxygens (including phenoxy) is 1. The van der Waals surface area contributed by atoms with Crippen LogP contribution in [0.2, 0.25) is 0 Å². The molecule has 1 N–H and O–H groups in total. The zero-order chi connectivity index (χ0) is 15.9. The van der Waals surface area contributed by atoms with E-state index in [1.807, 2.05) is 13.1 Å². The highest BCUT2D eigenvalue weighted by Crippen LogP contribution is 2.03. The van der Waals surface area contributed by atoms with Gasteiger partial charge in [0.1, 0.15) is 0 Å². The third-order valence-electron chi connectivity index (χ3n) is 3.29. The quantitative estimate of drug-likeness (QED) is 0.209. The molecule has 0 aromatic carbocycles. The van der Waals surface area contributed by atoms with Crippen LogP contribution in [0.4, 0.5) is 0 Å². The Labute approximate surface area is 129 Å². The lowest BCUT2D eigenvalue weighted by Crippen LogP contribution is -2.39. The second-order valence-corrected chi connectivity index (χ2v) is 5.07. The third-order valence-corrected chi connectivity index (χ3v) is 3.29. The molecule has 0 spiro atoms. The minimum absolute atomic E-state index is 0.116. The summed E-state index contributed by atoms with van der Waals surface area (Å²) in [5.41, 5.74) is 0. The number of nitrogens with one attached hydrogen (secondary N) is 1. The summed E-state index contributed by atoms with van der Waals surface area (Å²) >= 11 is 0. The van der Waals surface area contributed by atoms with Gasteiger partial charge in [0.2, 0.25) is 0 Å². The van der Waals surface area contributed by atoms with Crippen molar-refractivity contribution in [3.8, 4) is 0 Å². The minimum Gasteiger partial charge on any atom is -0.469 e. The van der Waals surface area contributed by atoms with Crippen molar-refractivity contribution in [2.75, 3.05) is 34.3 Å². The van der Waals surface area contributed by atoms with Crippen molar-refractivity contribution in [1.82, 2.24) is 10.2 Å². The Balaban J connectivity index is 3.63. The molecule has 0 aliphatic rings. The highest BCUT2D eigenvalue weighted by atomic mass is 16.5. The molecule has 122 valence electrons. The summed E-state index contributed by atoms with van der Waals surface area (Å²) < 4.78 is 4.61. The first kappa shape index (κ1) is 19.5. The number of esters is 1. The van der Waals surface area contributed by atoms with Gasteiger partial charge in [0, 0.05) is 33.6 Å². The second-order valence-electron chi connectivity index (χ2n) is 5.07. The molecular weight excluding hydrogens is 266 g/mol. The Morgan fingerprint density at radius 3 is 2.62 bits per heavy atom. The monoisotopic (exact) mass is 297 g/mol. The van der Waals surface area contributed by atoms with Crippen molar-refractivity contribution in [3.05, 3.63) is 12.7 Å². The molecule has 0 saturated heterocycles. The molecule has 0 bridgehead atoms. The van der Waals surface area contributed by atoms with Crippen molar-refractivity contribution in [1.29, 1.82) is 0 Å². The number of nitrogens with zero attached hydrogens (tertiary/aromatic N) is 2. The first-order valence-corrected chi connectivity index (χ1v) is 7.75. The number of unbranched alkanes of at least 4 members (excludes halogenated alkanes) is 4. The Morgan fingerprint density at radius 1 is 1.29 bits per heavy atom. The van der Waals surface area contributed by atoms with Crippen molar-refractivity contribution < 1.29 is 9.53 Å². The Morgan fingerprint density at radius 2 is 2.00 bits per heavy atom. The van der Waals surface area contributed by atoms with Gasteiger partial charge in [-0.15, -0.1) is 6.58 Å². The maximum atomic E-state index is 10.9. The Hall–Kier alpha value is -1.52. The van der Waals surface area contributed by atoms with Crippen LogP contribution >= 0.6 is 0 Å². The summed E-state index contributed by atoms with van der Waals surface area (Å²) in [6, 6.07) is 0. The van der Waals surface area contributed by atoms with E-state index in [-0.39, 0.29) is 5.97 Å². The van der Waals surface area contributed by atoms with Crippen LogP contribution in [0, 0.1) is 0 Å². The van der Waals surface area contributed by atoms with Crippen molar-refractivity contribution >= 4 is 11.9 Å². The molecule has 5 nitrogen and oxygen atoms in total. The van der Waals surface area contributed by atoms with E-state index in [1.165, 1.54) is 7.11 Å². The maximum Gasteiger partial charge on any atom is 0.305 e. The van der Waals surface area contributed by atoms with Gasteiger partial charge in [-0.05, 0) is 25.7 Å². The fraction of sp³-hybridized carbons (Fsp3) is 0.750. The fourth-order valence-corrected chi connectivity index (χ4v) is 2.01. The molecule has 0 rings (SSSR count). The molecule has 0 unspecified atom stereocenters. The zero-order valence-corrected chi connectivity index (χ0v) is 13.9. The largest absolute Gasteiger partial charge is 0.469 e. The summed E-state index contributed by atoms with van der Waals surface area (Å²) in [6.07, 6.45) is 8.75. The SMILES string of the molecule is C=CCCCN(C)C(=NC)NCCCCCCC(=O)OC. The third kappa shape index (κ3) is 10.9. The van der Waals surface area contributed by atoms with Gasteiger partial charge in [-0.25, -0.2) is 0 Å². The molecule has 0 amide bonds. The van der Waals surface area contributed by atoms with Gasteiger partial charge in [0.15, 0.2) is 5.96 Å². The molecule has 0 aliphatic heterocycles. The molecule has 0 aromatic heterocycles. The van der Waals surface area contributed by atoms with Gasteiger partial charge in [-0.1, -0.05) is 18.9 Å². The lowest BCUT2D eigenvalue weighted by atomic mass is 10.1. The summed E-state index contributed by atoms with van der Waals surface area (Å²) in [7, 11) is 5.29. The van der Waals surface area contributed by atoms with Crippen LogP contribution in [0.25, 0.3) is 0 Å². The highest BCUT2D eigenvalue weighted by molar-refractivity contribution is 5.79. The molecule has 0 fully saturated rings. The Kier molecular flexibility index (Phi) is 12.5. The molecule has 0 atom stereocenters. The summed E-state index contributed by atoms with van der Waals surface area (Å²) in [5.74, 6) is 0.822. The Bertz CT molecular complexity index is 317. The molecule has 0 radical (unpaired) electrons. The lowest BCUT2D eigenvalue weighted by molar-refractivity contribution is -0.140. The predicted octanol–water partition coefficient (Wildman–Crippen LogP) is 2.58. The molecule has 0 saturated carbocycles. The van der Waals surface area contributed by atoms with E-state index in [4.69, 9.17) is 0 Å². The van der Waals surface area contributed by atoms with E-state index in [0.717, 1.165) is 57.6 Å². The van der Waals surface area contributed by atoms with Crippen molar-refractivity contribution in [3.63, 3.8) is 0 Å². The maximum absolute atomic E-state index is 10.9. The summed E-state index contributed by atoms with van der Waals surface area (Å²) in [6.45, 7) is 5.62. The lowest BCUT2D eigenvalue weighted by Gasteiger charge is -2.21. The molecule has 0 aromatic rings. The molecule has 21 heavy (non-hydrogen) atoms. The number of hydrogen-bond acceptors (Lipinski definition) is 3. The van der Waals surface area contributed by atoms with Crippen molar-refractivity contribution in [2.45, 2.75) is 44.9 Å². The van der Waals surface area contributed by atoms with Gasteiger partial charge in [-0.3, -0.25) is 9.79 Å². The number of methoxy groups -OCH3 is 1. The van der Waals surface area contributed by atoms with E-state index >= 15 is 0 Å². The van der Waals surface area contributed by atoms with Crippen LogP contribution in [0.5, 0.6) is 0 Å². The van der Waals surface area contributed by atoms with Crippen LogP contribution in [-0.2, 0) is 9.53 Å². The number of carbonyl (C=O) groups excluding carboxylic acids is 1. The van der Waals surface area contributed by atoms with Crippen LogP contribution in [-0.4, -0.2) is 51.1 Å². The first-order valence-electron chi connectivity index (χ1n) is 7.75. The average Bonchev–Trinajstić information content (AvgIpc) is 2.49. The van der Waals surface area contributed by atoms with Crippen LogP contribution in [0.1, 0.15) is 44.9 Å². The summed E-state index contributed by atoms with van der Waals surface area (Å²) in [4.78, 5) is 17.4. The van der Waals surface area contributed by atoms with E-state index in [1.54, 1.807) is 0 Å². The van der Waals surface area contributed by atoms with Gasteiger partial charge >= 0.3 is 5.97 Å². The van der Waals surface area contributed by atoms with Crippen molar-refractivity contribution in [2.24, 2.45) is 4.99 Å². The zero-order valence-electron chi connectivity index (χ0n) is 13.9. The second kappa shape index (κ2) is 13.5. The van der Waals surface area contributed by atoms with E-state index < -0.39 is 0 Å². The molecular formula is C16H31N3O2. The number of guanidine groups is 1. The standard InChI is InChI=1S/C16H31N3O2/c1-5-6-11-14-19(3)16(17-2)18-13-10-8-7-9-12-15(20)21-4/h5H,1,6-14H2,2-4H3,(H,17,18). The first-order chi connectivity index (χ1) is 10.2. The van der Waals surface area contributed by atoms with Gasteiger partial charge in [0.25, 0.3) is 0 Å². The number of rotatable bonds is 11. The van der Waals surface area contributed by atoms with E-state index in [0.29, 0.717) is 6.42 Å². The number of allylic oxidation sites excluding steroid dienone is 1. The molecule has 0 aliphatic carbocycles. The number of aliphatic imine (C=N–C) groups is 1. The van der Waals surface area contributed by atoms with Gasteiger partial charge in [-0.2, -0.15) is 0 Å². The average molecular weight is 297 g/mol. The topological polar surface area (TPSA) is 53.9 Å². The normalized spacial score (nSPS) is 11.1. The highest BCUT2D eigenvalue weighted by Gasteiger charge is 2.04. The van der Waals surface area contributed by atoms with Gasteiger partial charge in [0.05, 0.1) is 7.11 Å². The van der Waals surface area contributed by atoms with Crippen LogP contribution < -0.4 is 5.32 Å².